The molecule has 0 atom stereocenters. The van der Waals surface area contributed by atoms with Crippen LogP contribution in [-0.2, 0) is 0 Å². The molecule has 6 nitrogen and oxygen atoms in total. The number of hydrogen-bond acceptors (Lipinski definition) is 6. The van der Waals surface area contributed by atoms with Gasteiger partial charge in [-0.3, -0.25) is 4.79 Å². The van der Waals surface area contributed by atoms with Crippen LogP contribution < -0.4 is 24.7 Å². The molecule has 2 N–H and O–H groups in total. The van der Waals surface area contributed by atoms with Crippen LogP contribution in [0.5, 0.6) is 23.0 Å². The molecule has 0 fully saturated rings. The van der Waals surface area contributed by atoms with Gasteiger partial charge in [-0.1, -0.05) is 13.3 Å². The highest BCUT2D eigenvalue weighted by molar-refractivity contribution is 6.11. The lowest BCUT2D eigenvalue weighted by Crippen LogP contribution is -2.06. The predicted molar refractivity (Wildman–Crippen MR) is 115 cm³/mol. The van der Waals surface area contributed by atoms with Crippen molar-refractivity contribution in [3.8, 4) is 23.0 Å². The Bertz CT molecular complexity index is 889. The Labute approximate surface area is 172 Å². The zero-order valence-corrected chi connectivity index (χ0v) is 17.7. The van der Waals surface area contributed by atoms with E-state index in [-0.39, 0.29) is 5.78 Å². The van der Waals surface area contributed by atoms with Crippen molar-refractivity contribution in [3.63, 3.8) is 0 Å². The van der Waals surface area contributed by atoms with Crippen LogP contribution in [0.1, 0.15) is 42.6 Å². The number of anilines is 1. The molecule has 0 aliphatic heterocycles. The van der Waals surface area contributed by atoms with Gasteiger partial charge in [0.05, 0.1) is 33.6 Å². The summed E-state index contributed by atoms with van der Waals surface area (Å²) in [5, 5.41) is 0. The molecule has 29 heavy (non-hydrogen) atoms. The largest absolute Gasteiger partial charge is 0.493 e. The van der Waals surface area contributed by atoms with E-state index in [1.165, 1.54) is 0 Å². The SMILES string of the molecule is CCCC(=Cc1ccc(OC)c(OC)c1OC)C(=O)c1ccc(N)c(OCC)c1. The summed E-state index contributed by atoms with van der Waals surface area (Å²) in [6.45, 7) is 4.38. The third-order valence-corrected chi connectivity index (χ3v) is 4.45. The Balaban J connectivity index is 2.53. The standard InChI is InChI=1S/C23H29NO5/c1-6-8-15(21(25)16-9-11-18(24)20(14-16)29-7-2)13-17-10-12-19(26-3)23(28-5)22(17)27-4/h9-14H,6-8,24H2,1-5H3. The van der Waals surface area contributed by atoms with E-state index in [0.29, 0.717) is 52.8 Å². The fourth-order valence-electron chi connectivity index (χ4n) is 3.09. The van der Waals surface area contributed by atoms with Crippen LogP contribution in [0.4, 0.5) is 5.69 Å². The maximum absolute atomic E-state index is 13.2. The van der Waals surface area contributed by atoms with Gasteiger partial charge < -0.3 is 24.7 Å². The third kappa shape index (κ3) is 5.02. The quantitative estimate of drug-likeness (QED) is 0.352. The molecule has 0 heterocycles. The summed E-state index contributed by atoms with van der Waals surface area (Å²) in [6.07, 6.45) is 3.27. The molecule has 0 spiro atoms. The minimum atomic E-state index is -0.0790. The van der Waals surface area contributed by atoms with E-state index in [4.69, 9.17) is 24.7 Å². The zero-order chi connectivity index (χ0) is 21.4. The summed E-state index contributed by atoms with van der Waals surface area (Å²) in [4.78, 5) is 13.2. The number of Topliss-reactive ketones (excluding diaryl/α,β-unsaturated/α-hetero) is 1. The molecular weight excluding hydrogens is 370 g/mol. The maximum atomic E-state index is 13.2. The van der Waals surface area contributed by atoms with Crippen molar-refractivity contribution in [2.24, 2.45) is 0 Å². The van der Waals surface area contributed by atoms with Crippen molar-refractivity contribution in [2.45, 2.75) is 26.7 Å². The minimum absolute atomic E-state index is 0.0790. The first-order valence-corrected chi connectivity index (χ1v) is 9.57. The lowest BCUT2D eigenvalue weighted by Gasteiger charge is -2.15. The number of ether oxygens (including phenoxy) is 4. The molecular formula is C23H29NO5. The molecule has 0 aliphatic carbocycles. The van der Waals surface area contributed by atoms with Crippen LogP contribution in [0.15, 0.2) is 35.9 Å². The molecule has 0 saturated carbocycles. The summed E-state index contributed by atoms with van der Waals surface area (Å²) in [5.41, 5.74) is 8.37. The lowest BCUT2D eigenvalue weighted by atomic mass is 9.96. The number of hydrogen-bond donors (Lipinski definition) is 1. The zero-order valence-electron chi connectivity index (χ0n) is 17.7. The summed E-state index contributed by atoms with van der Waals surface area (Å²) in [7, 11) is 4.68. The van der Waals surface area contributed by atoms with Crippen LogP contribution in [0.25, 0.3) is 6.08 Å². The van der Waals surface area contributed by atoms with Gasteiger partial charge >= 0.3 is 0 Å². The topological polar surface area (TPSA) is 80.0 Å². The Morgan fingerprint density at radius 2 is 1.69 bits per heavy atom. The monoisotopic (exact) mass is 399 g/mol. The number of nitrogen functional groups attached to an aromatic ring is 1. The molecule has 2 aromatic carbocycles. The number of ketones is 1. The van der Waals surface area contributed by atoms with Crippen molar-refractivity contribution < 1.29 is 23.7 Å². The number of carbonyl (C=O) groups is 1. The van der Waals surface area contributed by atoms with Gasteiger partial charge in [-0.15, -0.1) is 0 Å². The number of carbonyl (C=O) groups excluding carboxylic acids is 1. The van der Waals surface area contributed by atoms with Gasteiger partial charge in [-0.25, -0.2) is 0 Å². The summed E-state index contributed by atoms with van der Waals surface area (Å²) < 4.78 is 21.9. The molecule has 2 rings (SSSR count). The summed E-state index contributed by atoms with van der Waals surface area (Å²) >= 11 is 0. The molecule has 0 amide bonds. The maximum Gasteiger partial charge on any atom is 0.203 e. The first kappa shape index (κ1) is 22.1. The van der Waals surface area contributed by atoms with Crippen LogP contribution in [-0.4, -0.2) is 33.7 Å². The van der Waals surface area contributed by atoms with E-state index in [1.807, 2.05) is 26.0 Å². The number of nitrogens with two attached hydrogens (primary N) is 1. The van der Waals surface area contributed by atoms with Gasteiger partial charge in [0, 0.05) is 16.7 Å². The molecule has 0 unspecified atom stereocenters. The second kappa shape index (κ2) is 10.4. The molecule has 0 aromatic heterocycles. The van der Waals surface area contributed by atoms with Gasteiger partial charge in [0.25, 0.3) is 0 Å². The van der Waals surface area contributed by atoms with E-state index >= 15 is 0 Å². The molecule has 0 aliphatic rings. The average molecular weight is 399 g/mol. The van der Waals surface area contributed by atoms with Crippen LogP contribution in [0.2, 0.25) is 0 Å². The van der Waals surface area contributed by atoms with Crippen molar-refractivity contribution in [2.75, 3.05) is 33.7 Å². The minimum Gasteiger partial charge on any atom is -0.493 e. The lowest BCUT2D eigenvalue weighted by molar-refractivity contribution is 0.103. The van der Waals surface area contributed by atoms with E-state index in [1.54, 1.807) is 45.6 Å². The fraction of sp³-hybridized carbons (Fsp3) is 0.348. The fourth-order valence-corrected chi connectivity index (χ4v) is 3.09. The molecule has 0 radical (unpaired) electrons. The van der Waals surface area contributed by atoms with E-state index < -0.39 is 0 Å². The van der Waals surface area contributed by atoms with Gasteiger partial charge in [0.15, 0.2) is 17.3 Å². The first-order chi connectivity index (χ1) is 14.0. The van der Waals surface area contributed by atoms with E-state index in [2.05, 4.69) is 0 Å². The van der Waals surface area contributed by atoms with E-state index in [0.717, 1.165) is 12.0 Å². The molecule has 0 bridgehead atoms. The third-order valence-electron chi connectivity index (χ3n) is 4.45. The second-order valence-electron chi connectivity index (χ2n) is 6.36. The van der Waals surface area contributed by atoms with E-state index in [9.17, 15) is 4.79 Å². The highest BCUT2D eigenvalue weighted by atomic mass is 16.5. The van der Waals surface area contributed by atoms with Crippen LogP contribution >= 0.6 is 0 Å². The molecule has 6 heteroatoms. The highest BCUT2D eigenvalue weighted by Gasteiger charge is 2.18. The Hall–Kier alpha value is -3.15. The van der Waals surface area contributed by atoms with Gasteiger partial charge in [-0.05, 0) is 49.8 Å². The van der Waals surface area contributed by atoms with Gasteiger partial charge in [0.1, 0.15) is 5.75 Å². The molecule has 156 valence electrons. The second-order valence-corrected chi connectivity index (χ2v) is 6.36. The number of rotatable bonds is 10. The van der Waals surface area contributed by atoms with Crippen molar-refractivity contribution in [1.82, 2.24) is 0 Å². The van der Waals surface area contributed by atoms with Gasteiger partial charge in [-0.2, -0.15) is 0 Å². The Kier molecular flexibility index (Phi) is 7.95. The normalized spacial score (nSPS) is 11.1. The average Bonchev–Trinajstić information content (AvgIpc) is 2.74. The summed E-state index contributed by atoms with van der Waals surface area (Å²) in [5.74, 6) is 1.99. The predicted octanol–water partition coefficient (Wildman–Crippen LogP) is 4.76. The van der Waals surface area contributed by atoms with Gasteiger partial charge in [0.2, 0.25) is 5.75 Å². The first-order valence-electron chi connectivity index (χ1n) is 9.57. The Morgan fingerprint density at radius 1 is 0.966 bits per heavy atom. The number of allylic oxidation sites excluding steroid dienone is 1. The molecule has 2 aromatic rings. The smallest absolute Gasteiger partial charge is 0.203 e. The van der Waals surface area contributed by atoms with Crippen molar-refractivity contribution >= 4 is 17.5 Å². The summed E-state index contributed by atoms with van der Waals surface area (Å²) in [6, 6.07) is 8.74. The van der Waals surface area contributed by atoms with Crippen LogP contribution in [0, 0.1) is 0 Å². The molecule has 0 saturated heterocycles. The van der Waals surface area contributed by atoms with Crippen LogP contribution in [0.3, 0.4) is 0 Å². The number of benzene rings is 2. The van der Waals surface area contributed by atoms with Crippen molar-refractivity contribution in [3.05, 3.63) is 47.0 Å². The number of methoxy groups -OCH3 is 3. The Morgan fingerprint density at radius 3 is 2.28 bits per heavy atom. The highest BCUT2D eigenvalue weighted by Crippen LogP contribution is 2.41. The van der Waals surface area contributed by atoms with Crippen molar-refractivity contribution in [1.29, 1.82) is 0 Å².